The maximum absolute atomic E-state index is 14.4. The Kier molecular flexibility index (Phi) is 12.7. The molecule has 5 fully saturated rings. The molecule has 0 saturated carbocycles. The summed E-state index contributed by atoms with van der Waals surface area (Å²) in [6.07, 6.45) is 0.220. The topological polar surface area (TPSA) is 237 Å². The summed E-state index contributed by atoms with van der Waals surface area (Å²) in [4.78, 5) is 75.2. The molecule has 5 saturated heterocycles. The number of methoxy groups -OCH3 is 2. The predicted octanol–water partition coefficient (Wildman–Crippen LogP) is 4.45. The van der Waals surface area contributed by atoms with Crippen LogP contribution in [-0.4, -0.2) is 142 Å². The molecule has 10 atom stereocenters. The number of aliphatic hydroxyl groups is 2. The molecule has 5 aromatic rings. The Bertz CT molecular complexity index is 2510. The highest BCUT2D eigenvalue weighted by atomic mass is 19.1. The number of anilines is 1. The summed E-state index contributed by atoms with van der Waals surface area (Å²) in [5.74, 6) is -0.479. The molecule has 3 aromatic carbocycles. The molecule has 0 bridgehead atoms. The van der Waals surface area contributed by atoms with Gasteiger partial charge in [0.15, 0.2) is 0 Å². The van der Waals surface area contributed by atoms with E-state index < -0.39 is 48.6 Å². The number of benzene rings is 3. The van der Waals surface area contributed by atoms with Gasteiger partial charge in [0, 0.05) is 56.7 Å². The lowest BCUT2D eigenvalue weighted by atomic mass is 9.97. The number of ether oxygens (including phenoxy) is 4. The Morgan fingerprint density at radius 3 is 1.54 bits per heavy atom. The Labute approximate surface area is 390 Å². The molecule has 0 aliphatic carbocycles. The Morgan fingerprint density at radius 1 is 0.676 bits per heavy atom. The average Bonchev–Trinajstić information content (AvgIpc) is 4.21. The van der Waals surface area contributed by atoms with E-state index in [0.717, 1.165) is 40.7 Å². The van der Waals surface area contributed by atoms with Gasteiger partial charge >= 0.3 is 12.2 Å². The molecule has 68 heavy (non-hydrogen) atoms. The fraction of sp³-hybridized carbons (Fsp3) is 0.500. The number of carbonyl (C=O) groups is 4. The van der Waals surface area contributed by atoms with Crippen molar-refractivity contribution in [1.29, 1.82) is 0 Å². The normalized spacial score (nSPS) is 27.0. The number of likely N-dealkylation sites (tertiary alicyclic amines) is 2. The minimum absolute atomic E-state index is 0.0789. The van der Waals surface area contributed by atoms with Gasteiger partial charge < -0.3 is 64.5 Å². The van der Waals surface area contributed by atoms with E-state index in [9.17, 15) is 33.8 Å². The number of fused-ring (bicyclic) bond motifs is 2. The van der Waals surface area contributed by atoms with Crippen molar-refractivity contribution in [1.82, 2.24) is 40.4 Å². The number of alkyl carbamates (subject to hydrolysis) is 2. The van der Waals surface area contributed by atoms with Gasteiger partial charge in [0.25, 0.3) is 0 Å². The van der Waals surface area contributed by atoms with E-state index in [0.29, 0.717) is 62.0 Å². The number of aromatic nitrogens is 4. The molecule has 10 unspecified atom stereocenters. The SMILES string of the molecule is COC(=O)NC(C(=O)N1CC(O)CC1c1nc2ccc(C3CCC(c4ccc5nc(C6CC(O)CN6C(=O)C(NC(=O)OC)C6CCOC6)[nH]c5c4)N3c3ccc(F)cc3)cc2[nH]1)C1CCOC1. The second kappa shape index (κ2) is 19.0. The lowest BCUT2D eigenvalue weighted by molar-refractivity contribution is -0.136. The van der Waals surface area contributed by atoms with E-state index in [2.05, 4.69) is 37.6 Å². The first-order valence-corrected chi connectivity index (χ1v) is 23.3. The van der Waals surface area contributed by atoms with Crippen LogP contribution >= 0.6 is 0 Å². The third-order valence-corrected chi connectivity index (χ3v) is 14.4. The van der Waals surface area contributed by atoms with E-state index in [-0.39, 0.29) is 67.5 Å². The van der Waals surface area contributed by atoms with E-state index in [1.165, 1.54) is 26.4 Å². The van der Waals surface area contributed by atoms with E-state index in [1.807, 2.05) is 24.3 Å². The fourth-order valence-corrected chi connectivity index (χ4v) is 11.0. The van der Waals surface area contributed by atoms with Gasteiger partial charge in [-0.2, -0.15) is 0 Å². The van der Waals surface area contributed by atoms with Gasteiger partial charge in [0.05, 0.1) is 85.9 Å². The number of halogens is 1. The molecule has 6 N–H and O–H groups in total. The van der Waals surface area contributed by atoms with Crippen molar-refractivity contribution < 1.29 is 52.7 Å². The van der Waals surface area contributed by atoms with E-state index in [1.54, 1.807) is 21.9 Å². The lowest BCUT2D eigenvalue weighted by Gasteiger charge is -2.33. The minimum atomic E-state index is -0.895. The van der Waals surface area contributed by atoms with Crippen molar-refractivity contribution in [2.75, 3.05) is 58.6 Å². The smallest absolute Gasteiger partial charge is 0.407 e. The highest BCUT2D eigenvalue weighted by molar-refractivity contribution is 5.88. The summed E-state index contributed by atoms with van der Waals surface area (Å²) in [6, 6.07) is 15.4. The van der Waals surface area contributed by atoms with Crippen LogP contribution in [-0.2, 0) is 28.5 Å². The number of nitrogens with zero attached hydrogens (tertiary/aromatic N) is 5. The first kappa shape index (κ1) is 45.4. The van der Waals surface area contributed by atoms with Crippen LogP contribution in [0.1, 0.15) is 85.5 Å². The second-order valence-electron chi connectivity index (χ2n) is 18.6. The van der Waals surface area contributed by atoms with Crippen LogP contribution < -0.4 is 15.5 Å². The van der Waals surface area contributed by atoms with Gasteiger partial charge in [-0.05, 0) is 85.3 Å². The van der Waals surface area contributed by atoms with Gasteiger partial charge in [-0.25, -0.2) is 23.9 Å². The number of hydrogen-bond acceptors (Lipinski definition) is 13. The number of aromatic amines is 2. The van der Waals surface area contributed by atoms with E-state index in [4.69, 9.17) is 28.9 Å². The van der Waals surface area contributed by atoms with Gasteiger partial charge in [-0.3, -0.25) is 9.59 Å². The molecule has 19 nitrogen and oxygen atoms in total. The molecule has 5 aliphatic rings. The molecule has 2 aromatic heterocycles. The van der Waals surface area contributed by atoms with Crippen molar-refractivity contribution in [2.45, 2.75) is 87.0 Å². The summed E-state index contributed by atoms with van der Waals surface area (Å²) >= 11 is 0. The number of H-pyrrole nitrogens is 2. The second-order valence-corrected chi connectivity index (χ2v) is 18.6. The first-order valence-electron chi connectivity index (χ1n) is 23.3. The largest absolute Gasteiger partial charge is 0.453 e. The number of carbonyl (C=O) groups excluding carboxylic acids is 4. The number of imidazole rings is 2. The molecule has 4 amide bonds. The van der Waals surface area contributed by atoms with Gasteiger partial charge in [0.1, 0.15) is 29.5 Å². The molecule has 20 heteroatoms. The van der Waals surface area contributed by atoms with Crippen LogP contribution in [0.5, 0.6) is 0 Å². The quantitative estimate of drug-likeness (QED) is 0.108. The van der Waals surface area contributed by atoms with Crippen LogP contribution in [0.15, 0.2) is 60.7 Å². The zero-order chi connectivity index (χ0) is 47.2. The fourth-order valence-electron chi connectivity index (χ4n) is 11.0. The molecule has 0 radical (unpaired) electrons. The van der Waals surface area contributed by atoms with Crippen molar-refractivity contribution >= 4 is 51.8 Å². The number of β-amino-alcohol motifs (C(OH)–C–C–N with tert-alkyl or cyclic N) is 2. The Hall–Kier alpha value is -6.35. The highest BCUT2D eigenvalue weighted by Crippen LogP contribution is 2.48. The van der Waals surface area contributed by atoms with Crippen LogP contribution in [0.3, 0.4) is 0 Å². The van der Waals surface area contributed by atoms with Crippen molar-refractivity contribution in [3.63, 3.8) is 0 Å². The summed E-state index contributed by atoms with van der Waals surface area (Å²) in [5, 5.41) is 27.2. The average molecular weight is 938 g/mol. The Balaban J connectivity index is 0.919. The summed E-state index contributed by atoms with van der Waals surface area (Å²) in [5.41, 5.74) is 5.72. The standard InChI is InChI=1S/C48H56FN9O10/c1-65-47(63)54-41(27-13-15-67-23-27)45(61)56-21-31(59)19-39(56)43-50-33-9-3-25(17-35(33)52-43)37-11-12-38(58(37)30-7-5-29(49)6-8-30)26-4-10-34-36(18-26)53-44(51-34)40-20-32(60)22-57(40)46(62)42(55-48(64)66-2)28-14-16-68-24-28/h3-10,17-18,27-28,31-32,37-42,59-60H,11-16,19-24H2,1-2H3,(H,50,52)(H,51,53)(H,54,63)(H,55,64). The summed E-state index contributed by atoms with van der Waals surface area (Å²) in [6.45, 7) is 1.74. The van der Waals surface area contributed by atoms with Crippen molar-refractivity contribution in [3.8, 4) is 0 Å². The zero-order valence-corrected chi connectivity index (χ0v) is 37.8. The zero-order valence-electron chi connectivity index (χ0n) is 37.8. The van der Waals surface area contributed by atoms with Crippen LogP contribution in [0.25, 0.3) is 22.1 Å². The predicted molar refractivity (Wildman–Crippen MR) is 242 cm³/mol. The van der Waals surface area contributed by atoms with Gasteiger partial charge in [-0.1, -0.05) is 12.1 Å². The maximum Gasteiger partial charge on any atom is 0.407 e. The van der Waals surface area contributed by atoms with Crippen LogP contribution in [0, 0.1) is 17.7 Å². The summed E-state index contributed by atoms with van der Waals surface area (Å²) in [7, 11) is 2.49. The van der Waals surface area contributed by atoms with Crippen molar-refractivity contribution in [2.24, 2.45) is 11.8 Å². The lowest BCUT2D eigenvalue weighted by Crippen LogP contribution is -2.52. The maximum atomic E-state index is 14.4. The molecule has 360 valence electrons. The first-order chi connectivity index (χ1) is 33.0. The molecule has 7 heterocycles. The number of hydrogen-bond donors (Lipinski definition) is 6. The third-order valence-electron chi connectivity index (χ3n) is 14.4. The van der Waals surface area contributed by atoms with Gasteiger partial charge in [0.2, 0.25) is 11.8 Å². The third kappa shape index (κ3) is 8.81. The highest BCUT2D eigenvalue weighted by Gasteiger charge is 2.45. The molecular formula is C48H56FN9O10. The molecule has 0 spiro atoms. The molecule has 10 rings (SSSR count). The molecular weight excluding hydrogens is 882 g/mol. The number of rotatable bonds is 11. The Morgan fingerprint density at radius 2 is 1.13 bits per heavy atom. The number of amides is 4. The summed E-state index contributed by atoms with van der Waals surface area (Å²) < 4.78 is 35.2. The van der Waals surface area contributed by atoms with Crippen LogP contribution in [0.2, 0.25) is 0 Å². The number of aliphatic hydroxyl groups excluding tert-OH is 2. The van der Waals surface area contributed by atoms with Crippen molar-refractivity contribution in [3.05, 3.63) is 89.3 Å². The minimum Gasteiger partial charge on any atom is -0.453 e. The van der Waals surface area contributed by atoms with Gasteiger partial charge in [-0.15, -0.1) is 0 Å². The monoisotopic (exact) mass is 937 g/mol. The molecule has 5 aliphatic heterocycles. The van der Waals surface area contributed by atoms with Crippen LogP contribution in [0.4, 0.5) is 19.7 Å². The van der Waals surface area contributed by atoms with E-state index >= 15 is 0 Å². The number of nitrogens with one attached hydrogen (secondary N) is 4.